The smallest absolute Gasteiger partial charge is 0.119 e. The van der Waals surface area contributed by atoms with E-state index in [2.05, 4.69) is 41.1 Å². The van der Waals surface area contributed by atoms with Crippen molar-refractivity contribution < 1.29 is 4.74 Å². The van der Waals surface area contributed by atoms with Gasteiger partial charge in [0.25, 0.3) is 0 Å². The van der Waals surface area contributed by atoms with Gasteiger partial charge < -0.3 is 10.5 Å². The molecular formula is C19H25N3O. The number of hydrogen-bond acceptors (Lipinski definition) is 4. The minimum atomic E-state index is 0.285. The van der Waals surface area contributed by atoms with Gasteiger partial charge in [0, 0.05) is 25.5 Å². The summed E-state index contributed by atoms with van der Waals surface area (Å²) in [6, 6.07) is 12.3. The first-order chi connectivity index (χ1) is 11.2. The molecule has 1 saturated heterocycles. The van der Waals surface area contributed by atoms with E-state index in [0.29, 0.717) is 6.61 Å². The lowest BCUT2D eigenvalue weighted by Gasteiger charge is -2.22. The van der Waals surface area contributed by atoms with Crippen molar-refractivity contribution in [2.24, 2.45) is 11.1 Å². The zero-order valence-corrected chi connectivity index (χ0v) is 13.7. The van der Waals surface area contributed by atoms with E-state index >= 15 is 0 Å². The molecule has 1 atom stereocenters. The van der Waals surface area contributed by atoms with Gasteiger partial charge >= 0.3 is 0 Å². The van der Waals surface area contributed by atoms with E-state index in [0.717, 1.165) is 37.5 Å². The highest BCUT2D eigenvalue weighted by Gasteiger charge is 2.32. The summed E-state index contributed by atoms with van der Waals surface area (Å²) in [5.74, 6) is 0.902. The Balaban J connectivity index is 1.51. The molecule has 1 aromatic carbocycles. The van der Waals surface area contributed by atoms with Crippen LogP contribution in [-0.2, 0) is 13.2 Å². The summed E-state index contributed by atoms with van der Waals surface area (Å²) in [6.45, 7) is 6.83. The molecule has 2 N–H and O–H groups in total. The highest BCUT2D eigenvalue weighted by Crippen LogP contribution is 2.29. The number of likely N-dealkylation sites (tertiary alicyclic amines) is 1. The first-order valence-corrected chi connectivity index (χ1v) is 8.20. The Morgan fingerprint density at radius 3 is 2.52 bits per heavy atom. The zero-order chi connectivity index (χ0) is 16.1. The van der Waals surface area contributed by atoms with Gasteiger partial charge in [-0.15, -0.1) is 0 Å². The van der Waals surface area contributed by atoms with Gasteiger partial charge in [0.2, 0.25) is 0 Å². The van der Waals surface area contributed by atoms with E-state index in [1.807, 2.05) is 12.1 Å². The van der Waals surface area contributed by atoms with Crippen LogP contribution in [0, 0.1) is 5.41 Å². The fraction of sp³-hybridized carbons (Fsp3) is 0.421. The van der Waals surface area contributed by atoms with Gasteiger partial charge in [-0.3, -0.25) is 9.88 Å². The van der Waals surface area contributed by atoms with Gasteiger partial charge in [-0.2, -0.15) is 0 Å². The molecule has 4 nitrogen and oxygen atoms in total. The summed E-state index contributed by atoms with van der Waals surface area (Å²) >= 11 is 0. The van der Waals surface area contributed by atoms with Crippen molar-refractivity contribution in [1.29, 1.82) is 0 Å². The lowest BCUT2D eigenvalue weighted by molar-refractivity contribution is 0.274. The fourth-order valence-electron chi connectivity index (χ4n) is 3.02. The van der Waals surface area contributed by atoms with Gasteiger partial charge in [0.1, 0.15) is 12.4 Å². The van der Waals surface area contributed by atoms with Crippen molar-refractivity contribution in [3.05, 3.63) is 59.9 Å². The van der Waals surface area contributed by atoms with Crippen LogP contribution < -0.4 is 10.5 Å². The number of rotatable bonds is 6. The maximum Gasteiger partial charge on any atom is 0.119 e. The molecule has 2 aromatic rings. The molecule has 122 valence electrons. The van der Waals surface area contributed by atoms with Gasteiger partial charge in [-0.05, 0) is 60.3 Å². The molecule has 1 aliphatic rings. The van der Waals surface area contributed by atoms with Crippen LogP contribution in [0.25, 0.3) is 0 Å². The van der Waals surface area contributed by atoms with Crippen molar-refractivity contribution >= 4 is 0 Å². The number of ether oxygens (including phenoxy) is 1. The third-order valence-corrected chi connectivity index (χ3v) is 4.61. The lowest BCUT2D eigenvalue weighted by atomic mass is 9.90. The van der Waals surface area contributed by atoms with Crippen LogP contribution in [0.1, 0.15) is 24.5 Å². The average molecular weight is 311 g/mol. The zero-order valence-electron chi connectivity index (χ0n) is 13.7. The van der Waals surface area contributed by atoms with Crippen LogP contribution in [0.4, 0.5) is 0 Å². The molecule has 0 saturated carbocycles. The summed E-state index contributed by atoms with van der Waals surface area (Å²) in [7, 11) is 0. The normalized spacial score (nSPS) is 21.5. The predicted molar refractivity (Wildman–Crippen MR) is 92.1 cm³/mol. The van der Waals surface area contributed by atoms with Crippen molar-refractivity contribution in [2.75, 3.05) is 19.6 Å². The Bertz CT molecular complexity index is 614. The van der Waals surface area contributed by atoms with Crippen LogP contribution in [0.15, 0.2) is 48.8 Å². The Labute approximate surface area is 138 Å². The average Bonchev–Trinajstić information content (AvgIpc) is 2.97. The van der Waals surface area contributed by atoms with Crippen LogP contribution in [0.5, 0.6) is 5.75 Å². The van der Waals surface area contributed by atoms with Gasteiger partial charge in [0.05, 0.1) is 0 Å². The molecule has 1 aliphatic heterocycles. The molecule has 0 aliphatic carbocycles. The number of benzene rings is 1. The first kappa shape index (κ1) is 16.0. The Hall–Kier alpha value is -1.91. The first-order valence-electron chi connectivity index (χ1n) is 8.20. The minimum absolute atomic E-state index is 0.285. The van der Waals surface area contributed by atoms with Crippen molar-refractivity contribution in [2.45, 2.75) is 26.5 Å². The van der Waals surface area contributed by atoms with E-state index < -0.39 is 0 Å². The summed E-state index contributed by atoms with van der Waals surface area (Å²) in [4.78, 5) is 6.49. The number of hydrogen-bond donors (Lipinski definition) is 1. The fourth-order valence-corrected chi connectivity index (χ4v) is 3.02. The number of pyridine rings is 1. The lowest BCUT2D eigenvalue weighted by Crippen LogP contribution is -2.31. The van der Waals surface area contributed by atoms with Gasteiger partial charge in [-0.25, -0.2) is 0 Å². The number of nitrogens with two attached hydrogens (primary N) is 1. The van der Waals surface area contributed by atoms with E-state index in [4.69, 9.17) is 10.5 Å². The molecule has 0 amide bonds. The maximum atomic E-state index is 5.88. The SMILES string of the molecule is CC1(CN)CCN(Cc2ccc(OCc3ccncc3)cc2)C1. The summed E-state index contributed by atoms with van der Waals surface area (Å²) < 4.78 is 5.81. The molecule has 23 heavy (non-hydrogen) atoms. The van der Waals surface area contributed by atoms with E-state index in [9.17, 15) is 0 Å². The predicted octanol–water partition coefficient (Wildman–Crippen LogP) is 2.83. The third kappa shape index (κ3) is 4.30. The molecule has 0 bridgehead atoms. The Morgan fingerprint density at radius 1 is 1.13 bits per heavy atom. The highest BCUT2D eigenvalue weighted by atomic mass is 16.5. The number of aromatic nitrogens is 1. The summed E-state index contributed by atoms with van der Waals surface area (Å²) in [5.41, 5.74) is 8.61. The molecule has 1 aromatic heterocycles. The summed E-state index contributed by atoms with van der Waals surface area (Å²) in [5, 5.41) is 0. The van der Waals surface area contributed by atoms with Crippen LogP contribution >= 0.6 is 0 Å². The van der Waals surface area contributed by atoms with Crippen molar-refractivity contribution in [3.63, 3.8) is 0 Å². The van der Waals surface area contributed by atoms with Crippen molar-refractivity contribution in [3.8, 4) is 5.75 Å². The van der Waals surface area contributed by atoms with E-state index in [1.54, 1.807) is 12.4 Å². The second-order valence-electron chi connectivity index (χ2n) is 6.76. The maximum absolute atomic E-state index is 5.88. The van der Waals surface area contributed by atoms with Crippen LogP contribution in [0.3, 0.4) is 0 Å². The molecule has 0 radical (unpaired) electrons. The number of nitrogens with zero attached hydrogens (tertiary/aromatic N) is 2. The van der Waals surface area contributed by atoms with Crippen molar-refractivity contribution in [1.82, 2.24) is 9.88 Å². The Morgan fingerprint density at radius 2 is 1.87 bits per heavy atom. The quantitative estimate of drug-likeness (QED) is 0.891. The second-order valence-corrected chi connectivity index (χ2v) is 6.76. The highest BCUT2D eigenvalue weighted by molar-refractivity contribution is 5.27. The summed E-state index contributed by atoms with van der Waals surface area (Å²) in [6.07, 6.45) is 4.76. The van der Waals surface area contributed by atoms with E-state index in [1.165, 1.54) is 12.0 Å². The standard InChI is InChI=1S/C19H25N3O/c1-19(14-20)8-11-22(15-19)12-16-2-4-18(5-3-16)23-13-17-6-9-21-10-7-17/h2-7,9-10H,8,11-15,20H2,1H3. The molecule has 1 unspecified atom stereocenters. The third-order valence-electron chi connectivity index (χ3n) is 4.61. The van der Waals surface area contributed by atoms with Crippen LogP contribution in [0.2, 0.25) is 0 Å². The molecule has 4 heteroatoms. The molecule has 1 fully saturated rings. The molecular weight excluding hydrogens is 286 g/mol. The molecule has 0 spiro atoms. The van der Waals surface area contributed by atoms with E-state index in [-0.39, 0.29) is 5.41 Å². The molecule has 2 heterocycles. The molecule has 3 rings (SSSR count). The topological polar surface area (TPSA) is 51.4 Å². The van der Waals surface area contributed by atoms with Crippen LogP contribution in [-0.4, -0.2) is 29.5 Å². The van der Waals surface area contributed by atoms with Gasteiger partial charge in [-0.1, -0.05) is 19.1 Å². The largest absolute Gasteiger partial charge is 0.489 e. The minimum Gasteiger partial charge on any atom is -0.489 e. The second kappa shape index (κ2) is 7.11. The van der Waals surface area contributed by atoms with Gasteiger partial charge in [0.15, 0.2) is 0 Å². The monoisotopic (exact) mass is 311 g/mol. The Kier molecular flexibility index (Phi) is 4.94.